The van der Waals surface area contributed by atoms with Crippen LogP contribution in [-0.4, -0.2) is 19.6 Å². The molecular weight excluding hydrogens is 329 g/mol. The van der Waals surface area contributed by atoms with Crippen LogP contribution in [0.2, 0.25) is 0 Å². The standard InChI is InChI=1S/C18H20FNO3S/c1-13-3-5-16(6-4-13)12-24(22,23)14(2)18(21)20-11-15-7-9-17(19)10-8-15/h3-10,14H,11-12H2,1-2H3,(H,20,21). The first-order chi connectivity index (χ1) is 11.3. The van der Waals surface area contributed by atoms with Crippen molar-refractivity contribution in [3.63, 3.8) is 0 Å². The van der Waals surface area contributed by atoms with E-state index in [2.05, 4.69) is 5.32 Å². The zero-order valence-corrected chi connectivity index (χ0v) is 14.4. The first-order valence-electron chi connectivity index (χ1n) is 7.57. The van der Waals surface area contributed by atoms with E-state index in [0.29, 0.717) is 11.1 Å². The van der Waals surface area contributed by atoms with Crippen molar-refractivity contribution in [2.45, 2.75) is 31.4 Å². The second-order valence-corrected chi connectivity index (χ2v) is 8.10. The number of nitrogens with one attached hydrogen (secondary N) is 1. The maximum atomic E-state index is 12.8. The highest BCUT2D eigenvalue weighted by Gasteiger charge is 2.27. The summed E-state index contributed by atoms with van der Waals surface area (Å²) >= 11 is 0. The van der Waals surface area contributed by atoms with Gasteiger partial charge in [0.05, 0.1) is 5.75 Å². The monoisotopic (exact) mass is 349 g/mol. The summed E-state index contributed by atoms with van der Waals surface area (Å²) in [6.45, 7) is 3.46. The first kappa shape index (κ1) is 18.1. The Balaban J connectivity index is 1.97. The molecule has 4 nitrogen and oxygen atoms in total. The van der Waals surface area contributed by atoms with Gasteiger partial charge in [0, 0.05) is 6.54 Å². The number of hydrogen-bond donors (Lipinski definition) is 1. The lowest BCUT2D eigenvalue weighted by Gasteiger charge is -2.13. The van der Waals surface area contributed by atoms with Crippen molar-refractivity contribution in [2.24, 2.45) is 0 Å². The maximum Gasteiger partial charge on any atom is 0.238 e. The lowest BCUT2D eigenvalue weighted by atomic mass is 10.2. The zero-order chi connectivity index (χ0) is 17.7. The lowest BCUT2D eigenvalue weighted by Crippen LogP contribution is -2.38. The Morgan fingerprint density at radius 2 is 1.58 bits per heavy atom. The lowest BCUT2D eigenvalue weighted by molar-refractivity contribution is -0.120. The van der Waals surface area contributed by atoms with E-state index in [1.54, 1.807) is 24.3 Å². The average Bonchev–Trinajstić information content (AvgIpc) is 2.55. The van der Waals surface area contributed by atoms with Gasteiger partial charge in [-0.25, -0.2) is 12.8 Å². The molecule has 0 bridgehead atoms. The molecule has 1 atom stereocenters. The maximum absolute atomic E-state index is 12.8. The molecule has 0 aliphatic carbocycles. The van der Waals surface area contributed by atoms with Crippen LogP contribution in [0.25, 0.3) is 0 Å². The molecule has 0 spiro atoms. The summed E-state index contributed by atoms with van der Waals surface area (Å²) in [6.07, 6.45) is 0. The van der Waals surface area contributed by atoms with Gasteiger partial charge in [0.2, 0.25) is 5.91 Å². The van der Waals surface area contributed by atoms with Crippen LogP contribution in [0.15, 0.2) is 48.5 Å². The van der Waals surface area contributed by atoms with Gasteiger partial charge in [-0.15, -0.1) is 0 Å². The third-order valence-electron chi connectivity index (χ3n) is 3.78. The minimum Gasteiger partial charge on any atom is -0.351 e. The van der Waals surface area contributed by atoms with Gasteiger partial charge in [0.25, 0.3) is 0 Å². The van der Waals surface area contributed by atoms with E-state index in [9.17, 15) is 17.6 Å². The van der Waals surface area contributed by atoms with Crippen LogP contribution in [0.4, 0.5) is 4.39 Å². The van der Waals surface area contributed by atoms with Gasteiger partial charge in [-0.1, -0.05) is 42.0 Å². The van der Waals surface area contributed by atoms with E-state index in [-0.39, 0.29) is 18.1 Å². The fourth-order valence-electron chi connectivity index (χ4n) is 2.14. The molecule has 6 heteroatoms. The molecule has 24 heavy (non-hydrogen) atoms. The molecule has 0 fully saturated rings. The summed E-state index contributed by atoms with van der Waals surface area (Å²) in [6, 6.07) is 12.8. The number of hydrogen-bond acceptors (Lipinski definition) is 3. The molecule has 0 heterocycles. The Hall–Kier alpha value is -2.21. The van der Waals surface area contributed by atoms with Crippen molar-refractivity contribution in [3.8, 4) is 0 Å². The number of halogens is 1. The number of amides is 1. The van der Waals surface area contributed by atoms with Crippen LogP contribution in [0, 0.1) is 12.7 Å². The second-order valence-electron chi connectivity index (χ2n) is 5.78. The molecule has 2 aromatic rings. The summed E-state index contributed by atoms with van der Waals surface area (Å²) in [5, 5.41) is 1.43. The minimum atomic E-state index is -3.61. The van der Waals surface area contributed by atoms with E-state index in [1.165, 1.54) is 19.1 Å². The highest BCUT2D eigenvalue weighted by molar-refractivity contribution is 7.92. The van der Waals surface area contributed by atoms with Gasteiger partial charge in [-0.2, -0.15) is 0 Å². The van der Waals surface area contributed by atoms with E-state index in [1.807, 2.05) is 19.1 Å². The van der Waals surface area contributed by atoms with Gasteiger partial charge < -0.3 is 5.32 Å². The van der Waals surface area contributed by atoms with Gasteiger partial charge in [-0.05, 0) is 37.1 Å². The Labute approximate surface area is 141 Å². The molecule has 0 aromatic heterocycles. The minimum absolute atomic E-state index is 0.156. The Kier molecular flexibility index (Phi) is 5.72. The number of benzene rings is 2. The summed E-state index contributed by atoms with van der Waals surface area (Å²) in [7, 11) is -3.61. The normalized spacial score (nSPS) is 12.6. The summed E-state index contributed by atoms with van der Waals surface area (Å²) in [4.78, 5) is 12.1. The van der Waals surface area contributed by atoms with Crippen molar-refractivity contribution >= 4 is 15.7 Å². The molecule has 0 saturated heterocycles. The van der Waals surface area contributed by atoms with Crippen LogP contribution >= 0.6 is 0 Å². The van der Waals surface area contributed by atoms with E-state index < -0.39 is 21.0 Å². The van der Waals surface area contributed by atoms with Gasteiger partial charge in [0.1, 0.15) is 11.1 Å². The molecule has 0 aliphatic heterocycles. The summed E-state index contributed by atoms with van der Waals surface area (Å²) < 4.78 is 37.6. The van der Waals surface area contributed by atoms with Gasteiger partial charge in [-0.3, -0.25) is 4.79 Å². The highest BCUT2D eigenvalue weighted by atomic mass is 32.2. The van der Waals surface area contributed by atoms with Crippen molar-refractivity contribution in [1.82, 2.24) is 5.32 Å². The number of aryl methyl sites for hydroxylation is 1. The van der Waals surface area contributed by atoms with E-state index >= 15 is 0 Å². The molecular formula is C18H20FNO3S. The van der Waals surface area contributed by atoms with Gasteiger partial charge in [0.15, 0.2) is 9.84 Å². The van der Waals surface area contributed by atoms with Crippen LogP contribution < -0.4 is 5.32 Å². The molecule has 0 radical (unpaired) electrons. The first-order valence-corrected chi connectivity index (χ1v) is 9.29. The molecule has 0 aliphatic rings. The predicted octanol–water partition coefficient (Wildman–Crippen LogP) is 2.75. The number of carbonyl (C=O) groups is 1. The SMILES string of the molecule is Cc1ccc(CS(=O)(=O)C(C)C(=O)NCc2ccc(F)cc2)cc1. The van der Waals surface area contributed by atoms with E-state index in [0.717, 1.165) is 5.56 Å². The Morgan fingerprint density at radius 1 is 1.04 bits per heavy atom. The van der Waals surface area contributed by atoms with Gasteiger partial charge >= 0.3 is 0 Å². The van der Waals surface area contributed by atoms with Crippen LogP contribution in [0.3, 0.4) is 0 Å². The number of carbonyl (C=O) groups excluding carboxylic acids is 1. The van der Waals surface area contributed by atoms with Crippen LogP contribution in [0.5, 0.6) is 0 Å². The molecule has 1 amide bonds. The molecule has 128 valence electrons. The fourth-order valence-corrected chi connectivity index (χ4v) is 3.46. The fraction of sp³-hybridized carbons (Fsp3) is 0.278. The van der Waals surface area contributed by atoms with E-state index in [4.69, 9.17) is 0 Å². The number of sulfone groups is 1. The topological polar surface area (TPSA) is 63.2 Å². The third kappa shape index (κ3) is 4.89. The molecule has 0 saturated carbocycles. The number of rotatable bonds is 6. The average molecular weight is 349 g/mol. The third-order valence-corrected chi connectivity index (χ3v) is 5.80. The van der Waals surface area contributed by atoms with Crippen molar-refractivity contribution < 1.29 is 17.6 Å². The molecule has 2 rings (SSSR count). The molecule has 1 unspecified atom stereocenters. The second kappa shape index (κ2) is 7.57. The summed E-state index contributed by atoms with van der Waals surface area (Å²) in [5.74, 6) is -1.11. The largest absolute Gasteiger partial charge is 0.351 e. The van der Waals surface area contributed by atoms with Crippen LogP contribution in [-0.2, 0) is 26.9 Å². The summed E-state index contributed by atoms with van der Waals surface area (Å²) in [5.41, 5.74) is 2.40. The van der Waals surface area contributed by atoms with Crippen molar-refractivity contribution in [1.29, 1.82) is 0 Å². The Bertz CT molecular complexity index is 799. The van der Waals surface area contributed by atoms with Crippen molar-refractivity contribution in [2.75, 3.05) is 0 Å². The van der Waals surface area contributed by atoms with Crippen LogP contribution in [0.1, 0.15) is 23.6 Å². The highest BCUT2D eigenvalue weighted by Crippen LogP contribution is 2.13. The Morgan fingerprint density at radius 3 is 2.17 bits per heavy atom. The quantitative estimate of drug-likeness (QED) is 0.872. The van der Waals surface area contributed by atoms with Crippen molar-refractivity contribution in [3.05, 3.63) is 71.0 Å². The predicted molar refractivity (Wildman–Crippen MR) is 91.5 cm³/mol. The molecule has 2 aromatic carbocycles. The smallest absolute Gasteiger partial charge is 0.238 e. The molecule has 1 N–H and O–H groups in total. The zero-order valence-electron chi connectivity index (χ0n) is 13.6.